The molecule has 2 fully saturated rings. The third kappa shape index (κ3) is 5.14. The van der Waals surface area contributed by atoms with Crippen molar-refractivity contribution in [2.75, 3.05) is 58.9 Å². The van der Waals surface area contributed by atoms with Gasteiger partial charge in [-0.05, 0) is 19.3 Å². The number of likely N-dealkylation sites (tertiary alicyclic amines) is 1. The SMILES string of the molecule is NCCN.NCCNCCNC1CCC12CCN2CCN. The van der Waals surface area contributed by atoms with Crippen molar-refractivity contribution in [2.45, 2.75) is 30.8 Å². The highest BCUT2D eigenvalue weighted by molar-refractivity contribution is 5.14. The normalized spacial score (nSPS) is 27.7. The molecule has 10 N–H and O–H groups in total. The smallest absolute Gasteiger partial charge is 0.0375 e. The molecule has 0 bridgehead atoms. The fraction of sp³-hybridized carbons (Fsp3) is 1.00. The second-order valence-electron chi connectivity index (χ2n) is 5.79. The Morgan fingerprint density at radius 1 is 0.905 bits per heavy atom. The van der Waals surface area contributed by atoms with Gasteiger partial charge in [-0.25, -0.2) is 0 Å². The number of nitrogens with zero attached hydrogens (tertiary/aromatic N) is 1. The maximum atomic E-state index is 5.66. The van der Waals surface area contributed by atoms with Gasteiger partial charge in [0.15, 0.2) is 0 Å². The number of hydrogen-bond acceptors (Lipinski definition) is 7. The zero-order chi connectivity index (χ0) is 15.6. The Morgan fingerprint density at radius 3 is 2.10 bits per heavy atom. The maximum Gasteiger partial charge on any atom is 0.0375 e. The zero-order valence-corrected chi connectivity index (χ0v) is 13.3. The molecule has 0 aromatic heterocycles. The summed E-state index contributed by atoms with van der Waals surface area (Å²) in [7, 11) is 0. The van der Waals surface area contributed by atoms with Crippen LogP contribution in [0.2, 0.25) is 0 Å². The summed E-state index contributed by atoms with van der Waals surface area (Å²) in [5, 5.41) is 6.99. The second kappa shape index (κ2) is 10.4. The monoisotopic (exact) mass is 301 g/mol. The van der Waals surface area contributed by atoms with E-state index in [1.54, 1.807) is 0 Å². The van der Waals surface area contributed by atoms with Gasteiger partial charge in [0, 0.05) is 70.5 Å². The van der Waals surface area contributed by atoms with Crippen molar-refractivity contribution in [1.82, 2.24) is 15.5 Å². The Balaban J connectivity index is 0.000000491. The molecule has 7 nitrogen and oxygen atoms in total. The van der Waals surface area contributed by atoms with Crippen molar-refractivity contribution >= 4 is 0 Å². The van der Waals surface area contributed by atoms with Crippen molar-refractivity contribution in [2.24, 2.45) is 22.9 Å². The maximum absolute atomic E-state index is 5.66. The van der Waals surface area contributed by atoms with Crippen LogP contribution in [0.15, 0.2) is 0 Å². The molecule has 2 rings (SSSR count). The average Bonchev–Trinajstić information content (AvgIpc) is 2.46. The molecule has 0 radical (unpaired) electrons. The fourth-order valence-corrected chi connectivity index (χ4v) is 3.20. The van der Waals surface area contributed by atoms with E-state index in [1.807, 2.05) is 0 Å². The van der Waals surface area contributed by atoms with Gasteiger partial charge < -0.3 is 33.6 Å². The quantitative estimate of drug-likeness (QED) is 0.262. The summed E-state index contributed by atoms with van der Waals surface area (Å²) < 4.78 is 0. The first-order valence-electron chi connectivity index (χ1n) is 8.24. The van der Waals surface area contributed by atoms with Crippen LogP contribution in [0.1, 0.15) is 19.3 Å². The molecule has 1 spiro atoms. The minimum atomic E-state index is 0.466. The average molecular weight is 301 g/mol. The number of rotatable bonds is 9. The molecule has 7 heteroatoms. The van der Waals surface area contributed by atoms with Crippen LogP contribution in [0, 0.1) is 0 Å². The predicted octanol–water partition coefficient (Wildman–Crippen LogP) is -2.41. The molecule has 0 amide bonds. The lowest BCUT2D eigenvalue weighted by Crippen LogP contribution is -2.75. The van der Waals surface area contributed by atoms with Crippen LogP contribution in [-0.4, -0.2) is 75.4 Å². The van der Waals surface area contributed by atoms with E-state index in [2.05, 4.69) is 15.5 Å². The first kappa shape index (κ1) is 18.8. The first-order chi connectivity index (χ1) is 10.2. The van der Waals surface area contributed by atoms with Crippen molar-refractivity contribution in [3.8, 4) is 0 Å². The van der Waals surface area contributed by atoms with E-state index < -0.39 is 0 Å². The molecule has 0 aromatic rings. The van der Waals surface area contributed by atoms with Gasteiger partial charge in [0.2, 0.25) is 0 Å². The summed E-state index contributed by atoms with van der Waals surface area (Å²) in [6.45, 7) is 7.97. The van der Waals surface area contributed by atoms with E-state index in [0.29, 0.717) is 24.7 Å². The molecule has 1 heterocycles. The lowest BCUT2D eigenvalue weighted by Gasteiger charge is -2.63. The van der Waals surface area contributed by atoms with Crippen LogP contribution in [0.3, 0.4) is 0 Å². The van der Waals surface area contributed by atoms with Gasteiger partial charge >= 0.3 is 0 Å². The molecule has 1 saturated carbocycles. The van der Waals surface area contributed by atoms with Crippen LogP contribution < -0.4 is 33.6 Å². The summed E-state index contributed by atoms with van der Waals surface area (Å²) in [6.07, 6.45) is 4.01. The highest BCUT2D eigenvalue weighted by atomic mass is 15.3. The third-order valence-corrected chi connectivity index (χ3v) is 4.54. The first-order valence-corrected chi connectivity index (χ1v) is 8.24. The molecule has 126 valence electrons. The third-order valence-electron chi connectivity index (χ3n) is 4.54. The number of hydrogen-bond donors (Lipinski definition) is 6. The summed E-state index contributed by atoms with van der Waals surface area (Å²) in [5.74, 6) is 0. The Labute approximate surface area is 129 Å². The molecule has 21 heavy (non-hydrogen) atoms. The summed E-state index contributed by atoms with van der Waals surface area (Å²) >= 11 is 0. The lowest BCUT2D eigenvalue weighted by molar-refractivity contribution is -0.0980. The van der Waals surface area contributed by atoms with E-state index in [0.717, 1.165) is 39.3 Å². The summed E-state index contributed by atoms with van der Waals surface area (Å²) in [4.78, 5) is 2.57. The van der Waals surface area contributed by atoms with E-state index in [9.17, 15) is 0 Å². The van der Waals surface area contributed by atoms with Gasteiger partial charge in [0.1, 0.15) is 0 Å². The van der Waals surface area contributed by atoms with Crippen LogP contribution >= 0.6 is 0 Å². The predicted molar refractivity (Wildman–Crippen MR) is 89.0 cm³/mol. The van der Waals surface area contributed by atoms with Crippen molar-refractivity contribution in [3.05, 3.63) is 0 Å². The minimum absolute atomic E-state index is 0.466. The van der Waals surface area contributed by atoms with Gasteiger partial charge in [0.25, 0.3) is 0 Å². The highest BCUT2D eigenvalue weighted by Crippen LogP contribution is 2.46. The van der Waals surface area contributed by atoms with Crippen LogP contribution in [-0.2, 0) is 0 Å². The minimum Gasteiger partial charge on any atom is -0.329 e. The highest BCUT2D eigenvalue weighted by Gasteiger charge is 2.55. The standard InChI is InChI=1S/C12H27N5.C2H8N2/c13-4-6-15-7-8-16-11-1-2-12(11)3-9-17(12)10-5-14;3-1-2-4/h11,15-16H,1-10,13-14H2;1-4H2. The fourth-order valence-electron chi connectivity index (χ4n) is 3.20. The van der Waals surface area contributed by atoms with Gasteiger partial charge in [-0.2, -0.15) is 0 Å². The zero-order valence-electron chi connectivity index (χ0n) is 13.3. The number of nitrogens with one attached hydrogen (secondary N) is 2. The van der Waals surface area contributed by atoms with Crippen molar-refractivity contribution < 1.29 is 0 Å². The van der Waals surface area contributed by atoms with Crippen LogP contribution in [0.5, 0.6) is 0 Å². The second-order valence-corrected chi connectivity index (χ2v) is 5.79. The van der Waals surface area contributed by atoms with E-state index in [4.69, 9.17) is 22.9 Å². The Bertz CT molecular complexity index is 258. The number of nitrogens with two attached hydrogens (primary N) is 4. The van der Waals surface area contributed by atoms with Crippen LogP contribution in [0.4, 0.5) is 0 Å². The molecule has 1 aliphatic heterocycles. The largest absolute Gasteiger partial charge is 0.329 e. The molecule has 2 unspecified atom stereocenters. The lowest BCUT2D eigenvalue weighted by atomic mass is 9.63. The van der Waals surface area contributed by atoms with Gasteiger partial charge in [0.05, 0.1) is 0 Å². The Hall–Kier alpha value is -0.280. The molecular formula is C14H35N7. The van der Waals surface area contributed by atoms with Gasteiger partial charge in [-0.1, -0.05) is 0 Å². The molecule has 1 saturated heterocycles. The summed E-state index contributed by atoms with van der Waals surface area (Å²) in [5.41, 5.74) is 21.4. The van der Waals surface area contributed by atoms with E-state index in [1.165, 1.54) is 25.8 Å². The van der Waals surface area contributed by atoms with E-state index >= 15 is 0 Å². The Kier molecular flexibility index (Phi) is 9.34. The van der Waals surface area contributed by atoms with Gasteiger partial charge in [-0.15, -0.1) is 0 Å². The van der Waals surface area contributed by atoms with Gasteiger partial charge in [-0.3, -0.25) is 4.90 Å². The van der Waals surface area contributed by atoms with E-state index in [-0.39, 0.29) is 0 Å². The molecule has 2 atom stereocenters. The van der Waals surface area contributed by atoms with Crippen molar-refractivity contribution in [1.29, 1.82) is 0 Å². The van der Waals surface area contributed by atoms with Crippen molar-refractivity contribution in [3.63, 3.8) is 0 Å². The summed E-state index contributed by atoms with van der Waals surface area (Å²) in [6, 6.07) is 0.683. The Morgan fingerprint density at radius 2 is 1.67 bits per heavy atom. The molecular weight excluding hydrogens is 266 g/mol. The molecule has 1 aliphatic carbocycles. The van der Waals surface area contributed by atoms with Crippen LogP contribution in [0.25, 0.3) is 0 Å². The molecule has 2 aliphatic rings. The molecule has 0 aromatic carbocycles. The topological polar surface area (TPSA) is 131 Å².